The van der Waals surface area contributed by atoms with E-state index in [-0.39, 0.29) is 29.5 Å². The number of halogens is 1. The van der Waals surface area contributed by atoms with E-state index in [1.807, 2.05) is 19.1 Å². The van der Waals surface area contributed by atoms with Crippen molar-refractivity contribution in [2.45, 2.75) is 19.5 Å². The molecule has 2 heterocycles. The van der Waals surface area contributed by atoms with Crippen molar-refractivity contribution in [3.63, 3.8) is 0 Å². The van der Waals surface area contributed by atoms with Gasteiger partial charge in [0.05, 0.1) is 11.6 Å². The van der Waals surface area contributed by atoms with Gasteiger partial charge in [-0.3, -0.25) is 4.79 Å². The fourth-order valence-electron chi connectivity index (χ4n) is 3.52. The average molecular weight is 417 g/mol. The highest BCUT2D eigenvalue weighted by atomic mass is 19.1. The summed E-state index contributed by atoms with van der Waals surface area (Å²) in [4.78, 5) is 33.9. The maximum Gasteiger partial charge on any atom is 0.335 e. The maximum absolute atomic E-state index is 13.5. The first-order chi connectivity index (χ1) is 14.9. The molecule has 1 atom stereocenters. The van der Waals surface area contributed by atoms with Crippen LogP contribution in [0.5, 0.6) is 0 Å². The highest BCUT2D eigenvalue weighted by Crippen LogP contribution is 2.27. The minimum absolute atomic E-state index is 0.145. The molecule has 31 heavy (non-hydrogen) atoms. The number of hydrogen-bond acceptors (Lipinski definition) is 3. The van der Waals surface area contributed by atoms with Gasteiger partial charge in [-0.05, 0) is 60.5 Å². The number of hydrogen-bond donors (Lipinski definition) is 2. The molecular formula is C24H20FN3O3. The molecule has 0 saturated carbocycles. The lowest BCUT2D eigenvalue weighted by molar-refractivity contribution is 0.0668. The third-order valence-electron chi connectivity index (χ3n) is 5.22. The van der Waals surface area contributed by atoms with E-state index in [0.717, 1.165) is 11.1 Å². The highest BCUT2D eigenvalue weighted by molar-refractivity contribution is 5.95. The second-order valence-corrected chi connectivity index (χ2v) is 7.28. The number of carboxylic acids is 1. The second kappa shape index (κ2) is 8.39. The highest BCUT2D eigenvalue weighted by Gasteiger charge is 2.26. The van der Waals surface area contributed by atoms with Gasteiger partial charge in [-0.25, -0.2) is 14.2 Å². The van der Waals surface area contributed by atoms with Gasteiger partial charge in [0.25, 0.3) is 5.91 Å². The summed E-state index contributed by atoms with van der Waals surface area (Å²) in [6, 6.07) is 17.4. The van der Waals surface area contributed by atoms with Crippen LogP contribution in [0.25, 0.3) is 11.4 Å². The van der Waals surface area contributed by atoms with Crippen LogP contribution < -0.4 is 0 Å². The predicted molar refractivity (Wildman–Crippen MR) is 113 cm³/mol. The summed E-state index contributed by atoms with van der Waals surface area (Å²) in [7, 11) is 0. The lowest BCUT2D eigenvalue weighted by atomic mass is 10.0. The summed E-state index contributed by atoms with van der Waals surface area (Å²) >= 11 is 0. The molecule has 0 aromatic heterocycles. The summed E-state index contributed by atoms with van der Waals surface area (Å²) in [6.07, 6.45) is 1.74. The number of nitrogens with zero attached hydrogens (tertiary/aromatic N) is 2. The number of aromatic nitrogens is 2. The molecule has 0 aliphatic carbocycles. The van der Waals surface area contributed by atoms with E-state index in [4.69, 9.17) is 0 Å². The van der Waals surface area contributed by atoms with Crippen LogP contribution in [0, 0.1) is 5.82 Å². The van der Waals surface area contributed by atoms with Gasteiger partial charge in [-0.15, -0.1) is 0 Å². The smallest absolute Gasteiger partial charge is 0.335 e. The zero-order chi connectivity index (χ0) is 22.0. The van der Waals surface area contributed by atoms with E-state index in [1.54, 1.807) is 47.5 Å². The van der Waals surface area contributed by atoms with Crippen LogP contribution in [0.1, 0.15) is 44.9 Å². The molecule has 0 saturated heterocycles. The molecular weight excluding hydrogens is 397 g/mol. The van der Waals surface area contributed by atoms with Crippen molar-refractivity contribution < 1.29 is 19.1 Å². The average Bonchev–Trinajstić information content (AvgIpc) is 3.21. The molecule has 0 radical (unpaired) electrons. The summed E-state index contributed by atoms with van der Waals surface area (Å²) < 4.78 is 13.4. The SMILES string of the molecule is CC(c1ccc(F)cc1)N(Cc1cccc(C(=O)O)c1)C(=O)c1cc2ccc[nH]c-2n1. The molecule has 0 fully saturated rings. The lowest BCUT2D eigenvalue weighted by Crippen LogP contribution is -2.33. The Morgan fingerprint density at radius 2 is 1.87 bits per heavy atom. The summed E-state index contributed by atoms with van der Waals surface area (Å²) in [5.74, 6) is -1.09. The van der Waals surface area contributed by atoms with Crippen LogP contribution in [0.4, 0.5) is 4.39 Å². The molecule has 2 aromatic carbocycles. The van der Waals surface area contributed by atoms with Gasteiger partial charge in [0.2, 0.25) is 0 Å². The Morgan fingerprint density at radius 3 is 2.58 bits per heavy atom. The zero-order valence-corrected chi connectivity index (χ0v) is 16.7. The van der Waals surface area contributed by atoms with Crippen molar-refractivity contribution in [2.75, 3.05) is 0 Å². The number of rotatable bonds is 6. The largest absolute Gasteiger partial charge is 0.478 e. The number of pyridine rings is 1. The normalized spacial score (nSPS) is 11.9. The maximum atomic E-state index is 13.5. The quantitative estimate of drug-likeness (QED) is 0.474. The van der Waals surface area contributed by atoms with Gasteiger partial charge in [0.1, 0.15) is 17.3 Å². The van der Waals surface area contributed by atoms with Gasteiger partial charge in [-0.1, -0.05) is 24.3 Å². The van der Waals surface area contributed by atoms with Gasteiger partial charge in [0.15, 0.2) is 0 Å². The number of benzene rings is 2. The number of carbonyl (C=O) groups excluding carboxylic acids is 1. The van der Waals surface area contributed by atoms with E-state index in [9.17, 15) is 19.1 Å². The Morgan fingerprint density at radius 1 is 1.10 bits per heavy atom. The number of H-pyrrole nitrogens is 1. The topological polar surface area (TPSA) is 86.3 Å². The number of nitrogens with one attached hydrogen (secondary N) is 1. The Balaban J connectivity index is 1.72. The second-order valence-electron chi connectivity index (χ2n) is 7.28. The van der Waals surface area contributed by atoms with Crippen LogP contribution in [-0.4, -0.2) is 31.9 Å². The third-order valence-corrected chi connectivity index (χ3v) is 5.22. The number of carboxylic acid groups (broad SMARTS) is 1. The monoisotopic (exact) mass is 417 g/mol. The van der Waals surface area contributed by atoms with Gasteiger partial charge >= 0.3 is 5.97 Å². The lowest BCUT2D eigenvalue weighted by Gasteiger charge is -2.29. The van der Waals surface area contributed by atoms with Crippen molar-refractivity contribution in [3.8, 4) is 11.4 Å². The number of fused-ring (bicyclic) bond motifs is 1. The molecule has 1 amide bonds. The Bertz CT molecular complexity index is 1170. The van der Waals surface area contributed by atoms with Crippen LogP contribution in [0.2, 0.25) is 0 Å². The first-order valence-electron chi connectivity index (χ1n) is 9.75. The fraction of sp³-hybridized carbons (Fsp3) is 0.125. The Hall–Kier alpha value is -4.00. The van der Waals surface area contributed by atoms with Crippen LogP contribution in [0.3, 0.4) is 0 Å². The summed E-state index contributed by atoms with van der Waals surface area (Å²) in [6.45, 7) is 2.02. The number of aromatic amines is 1. The van der Waals surface area contributed by atoms with Crippen LogP contribution >= 0.6 is 0 Å². The molecule has 0 spiro atoms. The summed E-state index contributed by atoms with van der Waals surface area (Å²) in [5, 5.41) is 9.29. The number of amides is 1. The first-order valence-corrected chi connectivity index (χ1v) is 9.75. The van der Waals surface area contributed by atoms with E-state index in [0.29, 0.717) is 11.4 Å². The van der Waals surface area contributed by atoms with Crippen LogP contribution in [-0.2, 0) is 6.54 Å². The van der Waals surface area contributed by atoms with E-state index in [2.05, 4.69) is 9.97 Å². The Labute approximate surface area is 178 Å². The van der Waals surface area contributed by atoms with Crippen molar-refractivity contribution >= 4 is 11.9 Å². The Kier molecular flexibility index (Phi) is 5.49. The van der Waals surface area contributed by atoms with Gasteiger partial charge in [0, 0.05) is 18.3 Å². The predicted octanol–water partition coefficient (Wildman–Crippen LogP) is 4.76. The molecule has 156 valence electrons. The van der Waals surface area contributed by atoms with Gasteiger partial charge < -0.3 is 15.0 Å². The molecule has 2 aromatic rings. The molecule has 0 bridgehead atoms. The molecule has 6 nitrogen and oxygen atoms in total. The van der Waals surface area contributed by atoms with Crippen molar-refractivity contribution in [3.05, 3.63) is 101 Å². The van der Waals surface area contributed by atoms with Crippen molar-refractivity contribution in [1.29, 1.82) is 0 Å². The standard InChI is InChI=1S/C24H20FN3O3/c1-15(17-7-9-20(25)10-8-17)28(14-16-4-2-5-19(12-16)24(30)31)23(29)21-13-18-6-3-11-26-22(18)27-21/h2-13,15H,14H2,1H3,(H,26,27)(H,30,31). The molecule has 1 unspecified atom stereocenters. The molecule has 4 rings (SSSR count). The number of aromatic carboxylic acids is 1. The first kappa shape index (κ1) is 20.3. The minimum atomic E-state index is -1.04. The van der Waals surface area contributed by atoms with Crippen molar-refractivity contribution in [1.82, 2.24) is 14.9 Å². The van der Waals surface area contributed by atoms with E-state index in [1.165, 1.54) is 18.2 Å². The molecule has 2 aliphatic heterocycles. The molecule has 2 aliphatic rings. The summed E-state index contributed by atoms with van der Waals surface area (Å²) in [5.41, 5.74) is 2.66. The third kappa shape index (κ3) is 4.30. The fourth-order valence-corrected chi connectivity index (χ4v) is 3.52. The van der Waals surface area contributed by atoms with E-state index >= 15 is 0 Å². The zero-order valence-electron chi connectivity index (χ0n) is 16.7. The van der Waals surface area contributed by atoms with Crippen molar-refractivity contribution in [2.24, 2.45) is 0 Å². The molecule has 2 N–H and O–H groups in total. The van der Waals surface area contributed by atoms with Crippen LogP contribution in [0.15, 0.2) is 72.9 Å². The van der Waals surface area contributed by atoms with Gasteiger partial charge in [-0.2, -0.15) is 0 Å². The molecule has 7 heteroatoms. The minimum Gasteiger partial charge on any atom is -0.478 e. The van der Waals surface area contributed by atoms with E-state index < -0.39 is 12.0 Å². The number of carbonyl (C=O) groups is 2.